The van der Waals surface area contributed by atoms with E-state index in [2.05, 4.69) is 10.6 Å². The number of aliphatic hydroxyl groups excluding tert-OH is 3. The highest BCUT2D eigenvalue weighted by Crippen LogP contribution is 2.24. The average Bonchev–Trinajstić information content (AvgIpc) is 3.23. The maximum absolute atomic E-state index is 12.0. The molecule has 2 saturated heterocycles. The number of aliphatic hydroxyl groups is 3. The van der Waals surface area contributed by atoms with Crippen molar-refractivity contribution >= 4 is 34.8 Å². The standard InChI is InChI=1S/C21H37IN2O9/c1-13(26)24-18-20(29)19(28)16(11-25)33-21(18)30-10-3-2-6-17(27)23-9-4-5-14-7-8-15(32-14)12-31-22/h14-16,18-21,25,28-29H,2-12H2,1H3,(H,23,27)(H,24,26)/t14-,15-,16?,18?,19?,20?,21?/m0/s1. The monoisotopic (exact) mass is 588 g/mol. The molecule has 2 aliphatic heterocycles. The largest absolute Gasteiger partial charge is 0.394 e. The second kappa shape index (κ2) is 15.4. The Kier molecular flexibility index (Phi) is 13.4. The van der Waals surface area contributed by atoms with Gasteiger partial charge in [0.25, 0.3) is 0 Å². The predicted molar refractivity (Wildman–Crippen MR) is 125 cm³/mol. The Balaban J connectivity index is 1.57. The fourth-order valence-corrected chi connectivity index (χ4v) is 4.43. The minimum atomic E-state index is -1.35. The minimum Gasteiger partial charge on any atom is -0.394 e. The van der Waals surface area contributed by atoms with Gasteiger partial charge < -0.3 is 43.2 Å². The molecule has 33 heavy (non-hydrogen) atoms. The van der Waals surface area contributed by atoms with Gasteiger partial charge in [0, 0.05) is 26.5 Å². The Hall–Kier alpha value is -0.610. The summed E-state index contributed by atoms with van der Waals surface area (Å²) < 4.78 is 22.1. The van der Waals surface area contributed by atoms with Crippen LogP contribution in [0.25, 0.3) is 0 Å². The lowest BCUT2D eigenvalue weighted by atomic mass is 9.97. The van der Waals surface area contributed by atoms with Crippen LogP contribution in [0.5, 0.6) is 0 Å². The van der Waals surface area contributed by atoms with Gasteiger partial charge >= 0.3 is 0 Å². The Bertz CT molecular complexity index is 600. The summed E-state index contributed by atoms with van der Waals surface area (Å²) in [5.74, 6) is -0.431. The summed E-state index contributed by atoms with van der Waals surface area (Å²) in [4.78, 5) is 23.4. The molecule has 2 aliphatic rings. The molecule has 0 aromatic carbocycles. The van der Waals surface area contributed by atoms with Crippen molar-refractivity contribution in [3.05, 3.63) is 0 Å². The number of rotatable bonds is 14. The summed E-state index contributed by atoms with van der Waals surface area (Å²) in [6.45, 7) is 2.25. The highest BCUT2D eigenvalue weighted by molar-refractivity contribution is 14.1. The molecule has 0 spiro atoms. The van der Waals surface area contributed by atoms with E-state index in [-0.39, 0.29) is 24.7 Å². The number of nitrogens with one attached hydrogen (secondary N) is 2. The molecule has 0 radical (unpaired) electrons. The van der Waals surface area contributed by atoms with E-state index in [1.54, 1.807) is 0 Å². The second-order valence-corrected chi connectivity index (χ2v) is 9.11. The maximum atomic E-state index is 12.0. The normalized spacial score (nSPS) is 32.0. The van der Waals surface area contributed by atoms with Crippen molar-refractivity contribution in [1.82, 2.24) is 10.6 Å². The highest BCUT2D eigenvalue weighted by atomic mass is 127. The molecule has 12 heteroatoms. The van der Waals surface area contributed by atoms with Gasteiger partial charge in [0.2, 0.25) is 11.8 Å². The Morgan fingerprint density at radius 1 is 1.09 bits per heavy atom. The van der Waals surface area contributed by atoms with Gasteiger partial charge in [0.15, 0.2) is 6.29 Å². The molecule has 0 aromatic rings. The number of halogens is 1. The van der Waals surface area contributed by atoms with Gasteiger partial charge in [0.05, 0.1) is 25.4 Å². The third kappa shape index (κ3) is 9.88. The maximum Gasteiger partial charge on any atom is 0.219 e. The first-order valence-corrected chi connectivity index (χ1v) is 12.4. The lowest BCUT2D eigenvalue weighted by molar-refractivity contribution is -0.270. The van der Waals surface area contributed by atoms with Crippen LogP contribution in [0.2, 0.25) is 0 Å². The summed E-state index contributed by atoms with van der Waals surface area (Å²) in [6.07, 6.45) is 1.06. The first kappa shape index (κ1) is 28.6. The van der Waals surface area contributed by atoms with Crippen molar-refractivity contribution in [2.45, 2.75) is 94.7 Å². The molecule has 2 fully saturated rings. The predicted octanol–water partition coefficient (Wildman–Crippen LogP) is -0.0724. The van der Waals surface area contributed by atoms with E-state index in [0.29, 0.717) is 32.4 Å². The molecule has 5 N–H and O–H groups in total. The van der Waals surface area contributed by atoms with Crippen molar-refractivity contribution in [3.63, 3.8) is 0 Å². The molecule has 2 rings (SSSR count). The van der Waals surface area contributed by atoms with Gasteiger partial charge in [-0.05, 0) is 38.5 Å². The van der Waals surface area contributed by atoms with Crippen LogP contribution in [0.15, 0.2) is 0 Å². The first-order chi connectivity index (χ1) is 15.8. The van der Waals surface area contributed by atoms with E-state index in [1.165, 1.54) is 6.92 Å². The van der Waals surface area contributed by atoms with Crippen LogP contribution in [-0.4, -0.2) is 96.4 Å². The molecule has 2 amide bonds. The van der Waals surface area contributed by atoms with Gasteiger partial charge in [-0.1, -0.05) is 0 Å². The van der Waals surface area contributed by atoms with Crippen LogP contribution in [-0.2, 0) is 26.9 Å². The summed E-state index contributed by atoms with van der Waals surface area (Å²) in [5, 5.41) is 35.0. The quantitative estimate of drug-likeness (QED) is 0.139. The lowest BCUT2D eigenvalue weighted by Gasteiger charge is -2.42. The Morgan fingerprint density at radius 2 is 1.85 bits per heavy atom. The number of ether oxygens (including phenoxy) is 3. The molecule has 2 heterocycles. The van der Waals surface area contributed by atoms with Crippen molar-refractivity contribution in [2.75, 3.05) is 26.4 Å². The molecule has 0 aliphatic carbocycles. The molecule has 11 nitrogen and oxygen atoms in total. The minimum absolute atomic E-state index is 0.0255. The van der Waals surface area contributed by atoms with Gasteiger partial charge in [-0.25, -0.2) is 0 Å². The van der Waals surface area contributed by atoms with Gasteiger partial charge in [-0.15, -0.1) is 0 Å². The van der Waals surface area contributed by atoms with Crippen LogP contribution >= 0.6 is 23.0 Å². The van der Waals surface area contributed by atoms with Gasteiger partial charge in [-0.3, -0.25) is 9.59 Å². The molecule has 5 unspecified atom stereocenters. The third-order valence-corrected chi connectivity index (χ3v) is 6.16. The molecular formula is C21H37IN2O9. The van der Waals surface area contributed by atoms with Crippen molar-refractivity contribution in [2.24, 2.45) is 0 Å². The first-order valence-electron chi connectivity index (χ1n) is 11.5. The molecule has 0 aromatic heterocycles. The van der Waals surface area contributed by atoms with E-state index in [0.717, 1.165) is 25.7 Å². The van der Waals surface area contributed by atoms with Crippen LogP contribution < -0.4 is 10.6 Å². The zero-order chi connectivity index (χ0) is 24.2. The van der Waals surface area contributed by atoms with Gasteiger partial charge in [-0.2, -0.15) is 0 Å². The Morgan fingerprint density at radius 3 is 2.55 bits per heavy atom. The number of unbranched alkanes of at least 4 members (excludes halogenated alkanes) is 1. The number of hydrogen-bond acceptors (Lipinski definition) is 9. The number of carbonyl (C=O) groups is 2. The fourth-order valence-electron chi connectivity index (χ4n) is 4.03. The lowest BCUT2D eigenvalue weighted by Crippen LogP contribution is -2.64. The highest BCUT2D eigenvalue weighted by Gasteiger charge is 2.45. The van der Waals surface area contributed by atoms with Crippen LogP contribution in [0.1, 0.15) is 51.9 Å². The van der Waals surface area contributed by atoms with Gasteiger partial charge in [0.1, 0.15) is 47.4 Å². The molecule has 0 saturated carbocycles. The molecule has 0 bridgehead atoms. The molecule has 192 valence electrons. The summed E-state index contributed by atoms with van der Waals surface area (Å²) >= 11 is 1.88. The van der Waals surface area contributed by atoms with Crippen LogP contribution in [0.4, 0.5) is 0 Å². The van der Waals surface area contributed by atoms with Crippen molar-refractivity contribution < 1.29 is 42.2 Å². The van der Waals surface area contributed by atoms with E-state index >= 15 is 0 Å². The topological polar surface area (TPSA) is 156 Å². The average molecular weight is 588 g/mol. The van der Waals surface area contributed by atoms with E-state index < -0.39 is 43.2 Å². The van der Waals surface area contributed by atoms with Crippen molar-refractivity contribution in [1.29, 1.82) is 0 Å². The van der Waals surface area contributed by atoms with Crippen LogP contribution in [0.3, 0.4) is 0 Å². The zero-order valence-electron chi connectivity index (χ0n) is 19.0. The third-order valence-electron chi connectivity index (χ3n) is 5.80. The SMILES string of the molecule is CC(=O)NC1C(OCCCCC(=O)NCCC[C@H]2CC[C@@H](COI)O2)OC(CO)C(O)C1O. The fraction of sp³-hybridized carbons (Fsp3) is 0.905. The van der Waals surface area contributed by atoms with E-state index in [9.17, 15) is 24.9 Å². The Labute approximate surface area is 208 Å². The molecule has 7 atom stereocenters. The molecular weight excluding hydrogens is 551 g/mol. The summed E-state index contributed by atoms with van der Waals surface area (Å²) in [5.41, 5.74) is 0. The van der Waals surface area contributed by atoms with E-state index in [1.807, 2.05) is 23.0 Å². The number of carbonyl (C=O) groups excluding carboxylic acids is 2. The number of hydrogen-bond donors (Lipinski definition) is 5. The number of amides is 2. The van der Waals surface area contributed by atoms with Crippen molar-refractivity contribution in [3.8, 4) is 0 Å². The smallest absolute Gasteiger partial charge is 0.219 e. The summed E-state index contributed by atoms with van der Waals surface area (Å²) in [7, 11) is 0. The second-order valence-electron chi connectivity index (χ2n) is 8.49. The zero-order valence-corrected chi connectivity index (χ0v) is 21.1. The summed E-state index contributed by atoms with van der Waals surface area (Å²) in [6, 6.07) is -0.961. The van der Waals surface area contributed by atoms with Crippen LogP contribution in [0, 0.1) is 0 Å². The van der Waals surface area contributed by atoms with E-state index in [4.69, 9.17) is 17.3 Å².